The van der Waals surface area contributed by atoms with Crippen LogP contribution in [0.25, 0.3) is 0 Å². The first-order chi connectivity index (χ1) is 11.1. The second-order valence-electron chi connectivity index (χ2n) is 5.71. The number of carbonyl (C=O) groups is 3. The minimum Gasteiger partial charge on any atom is -0.352 e. The van der Waals surface area contributed by atoms with Gasteiger partial charge in [-0.3, -0.25) is 14.4 Å². The number of benzene rings is 1. The van der Waals surface area contributed by atoms with E-state index in [0.29, 0.717) is 0 Å². The van der Waals surface area contributed by atoms with Crippen LogP contribution in [0.1, 0.15) is 31.1 Å². The largest absolute Gasteiger partial charge is 0.352 e. The molecule has 1 rings (SSSR count). The normalized spacial score (nSPS) is 11.8. The van der Waals surface area contributed by atoms with Crippen molar-refractivity contribution in [1.82, 2.24) is 15.5 Å². The Kier molecular flexibility index (Phi) is 7.51. The molecule has 0 aliphatic rings. The van der Waals surface area contributed by atoms with Crippen molar-refractivity contribution in [2.45, 2.75) is 32.9 Å². The van der Waals surface area contributed by atoms with Gasteiger partial charge in [0.15, 0.2) is 0 Å². The van der Waals surface area contributed by atoms with Crippen molar-refractivity contribution in [3.8, 4) is 0 Å². The Morgan fingerprint density at radius 3 is 2.33 bits per heavy atom. The maximum absolute atomic E-state index is 12.3. The molecule has 0 fully saturated rings. The molecule has 1 atom stereocenters. The van der Waals surface area contributed by atoms with Crippen LogP contribution in [0.4, 0.5) is 0 Å². The molecule has 6 nitrogen and oxygen atoms in total. The van der Waals surface area contributed by atoms with Gasteiger partial charge in [-0.2, -0.15) is 0 Å². The SMILES string of the molecule is CC(C)NC(=O)CN(C)C(=O)[C@H](C)NC(=O)c1cccc(Cl)c1Cl. The molecule has 8 heteroatoms. The molecule has 1 aromatic rings. The Morgan fingerprint density at radius 2 is 1.75 bits per heavy atom. The van der Waals surface area contributed by atoms with Gasteiger partial charge in [0.2, 0.25) is 11.8 Å². The van der Waals surface area contributed by atoms with Crippen molar-refractivity contribution >= 4 is 40.9 Å². The zero-order valence-corrected chi connectivity index (χ0v) is 15.5. The molecule has 0 spiro atoms. The molecule has 0 aromatic heterocycles. The van der Waals surface area contributed by atoms with E-state index in [1.165, 1.54) is 24.9 Å². The number of halogens is 2. The van der Waals surface area contributed by atoms with Crippen LogP contribution >= 0.6 is 23.2 Å². The lowest BCUT2D eigenvalue weighted by molar-refractivity contribution is -0.136. The number of rotatable bonds is 6. The Hall–Kier alpha value is -1.79. The third-order valence-electron chi connectivity index (χ3n) is 3.12. The molecule has 24 heavy (non-hydrogen) atoms. The Labute approximate surface area is 151 Å². The molecule has 0 unspecified atom stereocenters. The van der Waals surface area contributed by atoms with Gasteiger partial charge < -0.3 is 15.5 Å². The second-order valence-corrected chi connectivity index (χ2v) is 6.50. The number of carbonyl (C=O) groups excluding carboxylic acids is 3. The molecule has 0 saturated heterocycles. The summed E-state index contributed by atoms with van der Waals surface area (Å²) in [5.41, 5.74) is 0.184. The summed E-state index contributed by atoms with van der Waals surface area (Å²) in [6.07, 6.45) is 0. The van der Waals surface area contributed by atoms with Crippen molar-refractivity contribution in [1.29, 1.82) is 0 Å². The minimum atomic E-state index is -0.815. The first kappa shape index (κ1) is 20.3. The van der Waals surface area contributed by atoms with Gasteiger partial charge in [-0.1, -0.05) is 29.3 Å². The summed E-state index contributed by atoms with van der Waals surface area (Å²) in [5, 5.41) is 5.63. The molecule has 2 N–H and O–H groups in total. The Morgan fingerprint density at radius 1 is 1.12 bits per heavy atom. The van der Waals surface area contributed by atoms with E-state index in [4.69, 9.17) is 23.2 Å². The molecule has 0 saturated carbocycles. The van der Waals surface area contributed by atoms with Gasteiger partial charge in [0.25, 0.3) is 5.91 Å². The summed E-state index contributed by atoms with van der Waals surface area (Å²) in [6.45, 7) is 5.11. The van der Waals surface area contributed by atoms with Gasteiger partial charge in [0.1, 0.15) is 6.04 Å². The summed E-state index contributed by atoms with van der Waals surface area (Å²) in [7, 11) is 1.50. The average Bonchev–Trinajstić information content (AvgIpc) is 2.47. The molecular weight excluding hydrogens is 353 g/mol. The van der Waals surface area contributed by atoms with Crippen molar-refractivity contribution in [2.75, 3.05) is 13.6 Å². The highest BCUT2D eigenvalue weighted by atomic mass is 35.5. The topological polar surface area (TPSA) is 78.5 Å². The molecule has 0 aliphatic carbocycles. The van der Waals surface area contributed by atoms with Crippen LogP contribution < -0.4 is 10.6 Å². The lowest BCUT2D eigenvalue weighted by Crippen LogP contribution is -2.48. The maximum atomic E-state index is 12.3. The predicted molar refractivity (Wildman–Crippen MR) is 94.3 cm³/mol. The number of nitrogens with one attached hydrogen (secondary N) is 2. The van der Waals surface area contributed by atoms with E-state index in [-0.39, 0.29) is 40.0 Å². The quantitative estimate of drug-likeness (QED) is 0.801. The number of likely N-dealkylation sites (N-methyl/N-ethyl adjacent to an activating group) is 1. The fourth-order valence-electron chi connectivity index (χ4n) is 2.01. The third-order valence-corrected chi connectivity index (χ3v) is 3.94. The van der Waals surface area contributed by atoms with Crippen molar-refractivity contribution in [2.24, 2.45) is 0 Å². The zero-order valence-electron chi connectivity index (χ0n) is 14.0. The lowest BCUT2D eigenvalue weighted by atomic mass is 10.2. The molecule has 0 aliphatic heterocycles. The molecular formula is C16H21Cl2N3O3. The third kappa shape index (κ3) is 5.69. The van der Waals surface area contributed by atoms with E-state index < -0.39 is 11.9 Å². The molecule has 0 radical (unpaired) electrons. The van der Waals surface area contributed by atoms with Crippen LogP contribution in [0.5, 0.6) is 0 Å². The molecule has 0 heterocycles. The highest BCUT2D eigenvalue weighted by Gasteiger charge is 2.23. The van der Waals surface area contributed by atoms with Crippen LogP contribution in [-0.2, 0) is 9.59 Å². The summed E-state index contributed by atoms with van der Waals surface area (Å²) < 4.78 is 0. The zero-order chi connectivity index (χ0) is 18.4. The van der Waals surface area contributed by atoms with Crippen LogP contribution in [0.2, 0.25) is 10.0 Å². The van der Waals surface area contributed by atoms with E-state index in [0.717, 1.165) is 0 Å². The van der Waals surface area contributed by atoms with Crippen molar-refractivity contribution in [3.05, 3.63) is 33.8 Å². The van der Waals surface area contributed by atoms with Gasteiger partial charge >= 0.3 is 0 Å². The van der Waals surface area contributed by atoms with Crippen molar-refractivity contribution in [3.63, 3.8) is 0 Å². The summed E-state index contributed by atoms with van der Waals surface area (Å²) >= 11 is 11.9. The average molecular weight is 374 g/mol. The second kappa shape index (κ2) is 8.89. The fourth-order valence-corrected chi connectivity index (χ4v) is 2.39. The molecule has 132 valence electrons. The van der Waals surface area contributed by atoms with Gasteiger partial charge in [-0.25, -0.2) is 0 Å². The molecule has 3 amide bonds. The first-order valence-electron chi connectivity index (χ1n) is 7.42. The lowest BCUT2D eigenvalue weighted by Gasteiger charge is -2.22. The van der Waals surface area contributed by atoms with Gasteiger partial charge in [0.05, 0.1) is 22.2 Å². The minimum absolute atomic E-state index is 0.0110. The summed E-state index contributed by atoms with van der Waals surface area (Å²) in [4.78, 5) is 37.4. The number of amides is 3. The Bertz CT molecular complexity index is 635. The van der Waals surface area contributed by atoms with E-state index in [1.54, 1.807) is 12.1 Å². The molecule has 0 bridgehead atoms. The van der Waals surface area contributed by atoms with Crippen LogP contribution in [-0.4, -0.2) is 48.3 Å². The number of hydrogen-bond acceptors (Lipinski definition) is 3. The van der Waals surface area contributed by atoms with Gasteiger partial charge in [0, 0.05) is 13.1 Å². The van der Waals surface area contributed by atoms with Crippen molar-refractivity contribution < 1.29 is 14.4 Å². The monoisotopic (exact) mass is 373 g/mol. The highest BCUT2D eigenvalue weighted by molar-refractivity contribution is 6.43. The number of hydrogen-bond donors (Lipinski definition) is 2. The molecule has 1 aromatic carbocycles. The first-order valence-corrected chi connectivity index (χ1v) is 8.18. The maximum Gasteiger partial charge on any atom is 0.253 e. The van der Waals surface area contributed by atoms with Gasteiger partial charge in [-0.15, -0.1) is 0 Å². The Balaban J connectivity index is 2.67. The van der Waals surface area contributed by atoms with Crippen LogP contribution in [0, 0.1) is 0 Å². The number of nitrogens with zero attached hydrogens (tertiary/aromatic N) is 1. The van der Waals surface area contributed by atoms with Gasteiger partial charge in [-0.05, 0) is 32.9 Å². The van der Waals surface area contributed by atoms with E-state index in [2.05, 4.69) is 10.6 Å². The van der Waals surface area contributed by atoms with Crippen LogP contribution in [0.15, 0.2) is 18.2 Å². The van der Waals surface area contributed by atoms with E-state index >= 15 is 0 Å². The highest BCUT2D eigenvalue weighted by Crippen LogP contribution is 2.25. The van der Waals surface area contributed by atoms with Crippen LogP contribution in [0.3, 0.4) is 0 Å². The van der Waals surface area contributed by atoms with E-state index in [1.807, 2.05) is 13.8 Å². The summed E-state index contributed by atoms with van der Waals surface area (Å²) in [6, 6.07) is 3.85. The smallest absolute Gasteiger partial charge is 0.253 e. The summed E-state index contributed by atoms with van der Waals surface area (Å²) in [5.74, 6) is -1.17. The fraction of sp³-hybridized carbons (Fsp3) is 0.438. The van der Waals surface area contributed by atoms with E-state index in [9.17, 15) is 14.4 Å². The predicted octanol–water partition coefficient (Wildman–Crippen LogP) is 2.09. The standard InChI is InChI=1S/C16H21Cl2N3O3/c1-9(2)19-13(22)8-21(4)16(24)10(3)20-15(23)11-6-5-7-12(17)14(11)18/h5-7,9-10H,8H2,1-4H3,(H,19,22)(H,20,23)/t10-/m0/s1.